The first-order valence-electron chi connectivity index (χ1n) is 3.32. The lowest BCUT2D eigenvalue weighted by Gasteiger charge is -2.11. The van der Waals surface area contributed by atoms with Gasteiger partial charge in [0.25, 0.3) is 3.98 Å². The maximum Gasteiger partial charge on any atom is 0.297 e. The Labute approximate surface area is 86.2 Å². The molecular formula is C8H7Cl3O. The van der Waals surface area contributed by atoms with E-state index in [4.69, 9.17) is 39.5 Å². The second-order valence-corrected chi connectivity index (χ2v) is 4.40. The van der Waals surface area contributed by atoms with E-state index in [0.29, 0.717) is 6.61 Å². The zero-order valence-corrected chi connectivity index (χ0v) is 8.40. The lowest BCUT2D eigenvalue weighted by atomic mass is 10.2. The van der Waals surface area contributed by atoms with Crippen LogP contribution in [-0.4, -0.2) is 3.98 Å². The number of benzene rings is 1. The molecule has 0 aliphatic carbocycles. The number of hydrogen-bond donors (Lipinski definition) is 0. The van der Waals surface area contributed by atoms with Crippen LogP contribution in [0.4, 0.5) is 0 Å². The molecule has 1 aromatic carbocycles. The fourth-order valence-corrected chi connectivity index (χ4v) is 0.903. The Morgan fingerprint density at radius 1 is 1.08 bits per heavy atom. The second-order valence-electron chi connectivity index (χ2n) is 2.22. The Morgan fingerprint density at radius 2 is 1.67 bits per heavy atom. The maximum absolute atomic E-state index is 5.39. The molecule has 0 radical (unpaired) electrons. The first-order valence-corrected chi connectivity index (χ1v) is 4.46. The molecule has 0 aliphatic rings. The lowest BCUT2D eigenvalue weighted by molar-refractivity contribution is 0.116. The van der Waals surface area contributed by atoms with Gasteiger partial charge in [-0.1, -0.05) is 65.1 Å². The average molecular weight is 226 g/mol. The molecule has 0 N–H and O–H groups in total. The predicted octanol–water partition coefficient (Wildman–Crippen LogP) is 3.53. The van der Waals surface area contributed by atoms with Gasteiger partial charge in [-0.15, -0.1) is 0 Å². The zero-order chi connectivity index (χ0) is 9.03. The largest absolute Gasteiger partial charge is 0.330 e. The van der Waals surface area contributed by atoms with Gasteiger partial charge < -0.3 is 4.74 Å². The molecule has 4 heteroatoms. The van der Waals surface area contributed by atoms with Crippen LogP contribution in [-0.2, 0) is 11.3 Å². The van der Waals surface area contributed by atoms with Crippen LogP contribution in [0.3, 0.4) is 0 Å². The number of hydrogen-bond acceptors (Lipinski definition) is 1. The molecule has 0 saturated heterocycles. The van der Waals surface area contributed by atoms with Crippen molar-refractivity contribution in [1.82, 2.24) is 0 Å². The van der Waals surface area contributed by atoms with E-state index in [-0.39, 0.29) is 0 Å². The van der Waals surface area contributed by atoms with E-state index in [9.17, 15) is 0 Å². The molecule has 1 rings (SSSR count). The van der Waals surface area contributed by atoms with Crippen LogP contribution < -0.4 is 0 Å². The van der Waals surface area contributed by atoms with Gasteiger partial charge in [-0.3, -0.25) is 0 Å². The van der Waals surface area contributed by atoms with Gasteiger partial charge in [-0.25, -0.2) is 0 Å². The summed E-state index contributed by atoms with van der Waals surface area (Å²) in [7, 11) is 0. The van der Waals surface area contributed by atoms with Crippen molar-refractivity contribution in [2.45, 2.75) is 10.6 Å². The molecule has 1 aromatic rings. The summed E-state index contributed by atoms with van der Waals surface area (Å²) in [6, 6.07) is 9.51. The Balaban J connectivity index is 2.44. The maximum atomic E-state index is 5.39. The molecule has 0 aliphatic heterocycles. The molecule has 0 atom stereocenters. The molecular weight excluding hydrogens is 218 g/mol. The minimum atomic E-state index is -1.63. The predicted molar refractivity (Wildman–Crippen MR) is 51.5 cm³/mol. The SMILES string of the molecule is ClC(Cl)(Cl)OCc1ccccc1. The highest BCUT2D eigenvalue weighted by atomic mass is 35.6. The van der Waals surface area contributed by atoms with Crippen LogP contribution in [0.5, 0.6) is 0 Å². The fourth-order valence-electron chi connectivity index (χ4n) is 0.739. The van der Waals surface area contributed by atoms with Crippen LogP contribution in [0, 0.1) is 0 Å². The molecule has 0 saturated carbocycles. The summed E-state index contributed by atoms with van der Waals surface area (Å²) in [6.45, 7) is 0.303. The van der Waals surface area contributed by atoms with E-state index >= 15 is 0 Å². The minimum Gasteiger partial charge on any atom is -0.330 e. The van der Waals surface area contributed by atoms with Gasteiger partial charge in [0.1, 0.15) is 0 Å². The summed E-state index contributed by atoms with van der Waals surface area (Å²) in [5.41, 5.74) is 0.976. The quantitative estimate of drug-likeness (QED) is 0.700. The van der Waals surface area contributed by atoms with Crippen molar-refractivity contribution in [3.05, 3.63) is 35.9 Å². The van der Waals surface area contributed by atoms with Crippen molar-refractivity contribution in [2.75, 3.05) is 0 Å². The van der Waals surface area contributed by atoms with Gasteiger partial charge in [0.05, 0.1) is 6.61 Å². The van der Waals surface area contributed by atoms with E-state index in [0.717, 1.165) is 5.56 Å². The highest BCUT2D eigenvalue weighted by molar-refractivity contribution is 6.66. The molecule has 0 spiro atoms. The molecule has 0 unspecified atom stereocenters. The summed E-state index contributed by atoms with van der Waals surface area (Å²) in [5.74, 6) is 0. The summed E-state index contributed by atoms with van der Waals surface area (Å²) in [5, 5.41) is 0. The number of alkyl halides is 3. The fraction of sp³-hybridized carbons (Fsp3) is 0.250. The van der Waals surface area contributed by atoms with Gasteiger partial charge in [0.15, 0.2) is 0 Å². The Hall–Kier alpha value is 0.0500. The minimum absolute atomic E-state index is 0.303. The van der Waals surface area contributed by atoms with Crippen molar-refractivity contribution in [1.29, 1.82) is 0 Å². The summed E-state index contributed by atoms with van der Waals surface area (Å²) in [4.78, 5) is 0. The highest BCUT2D eigenvalue weighted by Crippen LogP contribution is 2.28. The van der Waals surface area contributed by atoms with Crippen LogP contribution in [0.15, 0.2) is 30.3 Å². The highest BCUT2D eigenvalue weighted by Gasteiger charge is 2.19. The van der Waals surface area contributed by atoms with E-state index in [1.807, 2.05) is 30.3 Å². The first kappa shape index (κ1) is 10.1. The number of ether oxygens (including phenoxy) is 1. The standard InChI is InChI=1S/C8H7Cl3O/c9-8(10,11)12-6-7-4-2-1-3-5-7/h1-5H,6H2. The van der Waals surface area contributed by atoms with Crippen molar-refractivity contribution in [2.24, 2.45) is 0 Å². The molecule has 0 fully saturated rings. The van der Waals surface area contributed by atoms with Crippen molar-refractivity contribution in [3.8, 4) is 0 Å². The van der Waals surface area contributed by atoms with E-state index in [1.54, 1.807) is 0 Å². The van der Waals surface area contributed by atoms with Gasteiger partial charge in [-0.2, -0.15) is 0 Å². The second kappa shape index (κ2) is 4.33. The van der Waals surface area contributed by atoms with Crippen molar-refractivity contribution >= 4 is 34.8 Å². The normalized spacial score (nSPS) is 11.6. The molecule has 66 valence electrons. The number of halogens is 3. The first-order chi connectivity index (χ1) is 5.58. The third kappa shape index (κ3) is 4.17. The van der Waals surface area contributed by atoms with Crippen LogP contribution in [0.25, 0.3) is 0 Å². The molecule has 0 heterocycles. The van der Waals surface area contributed by atoms with E-state index in [2.05, 4.69) is 0 Å². The van der Waals surface area contributed by atoms with Crippen LogP contribution >= 0.6 is 34.8 Å². The topological polar surface area (TPSA) is 9.23 Å². The van der Waals surface area contributed by atoms with Crippen LogP contribution in [0.2, 0.25) is 0 Å². The Kier molecular flexibility index (Phi) is 3.66. The molecule has 12 heavy (non-hydrogen) atoms. The number of rotatable bonds is 2. The van der Waals surface area contributed by atoms with E-state index < -0.39 is 3.98 Å². The summed E-state index contributed by atoms with van der Waals surface area (Å²) in [6.07, 6.45) is 0. The molecule has 0 aromatic heterocycles. The average Bonchev–Trinajstić information content (AvgIpc) is 2.02. The molecule has 0 bridgehead atoms. The molecule has 1 nitrogen and oxygen atoms in total. The third-order valence-corrected chi connectivity index (χ3v) is 1.57. The van der Waals surface area contributed by atoms with Crippen LogP contribution in [0.1, 0.15) is 5.56 Å². The Morgan fingerprint density at radius 3 is 2.17 bits per heavy atom. The van der Waals surface area contributed by atoms with Crippen molar-refractivity contribution < 1.29 is 4.74 Å². The monoisotopic (exact) mass is 224 g/mol. The summed E-state index contributed by atoms with van der Waals surface area (Å²) < 4.78 is 3.28. The van der Waals surface area contributed by atoms with Gasteiger partial charge in [0, 0.05) is 0 Å². The van der Waals surface area contributed by atoms with Crippen molar-refractivity contribution in [3.63, 3.8) is 0 Å². The van der Waals surface area contributed by atoms with E-state index in [1.165, 1.54) is 0 Å². The lowest BCUT2D eigenvalue weighted by Crippen LogP contribution is -2.08. The van der Waals surface area contributed by atoms with Gasteiger partial charge in [-0.05, 0) is 5.56 Å². The summed E-state index contributed by atoms with van der Waals surface area (Å²) >= 11 is 16.2. The smallest absolute Gasteiger partial charge is 0.297 e. The zero-order valence-electron chi connectivity index (χ0n) is 6.14. The Bertz CT molecular complexity index is 230. The van der Waals surface area contributed by atoms with Gasteiger partial charge >= 0.3 is 0 Å². The molecule has 0 amide bonds. The third-order valence-electron chi connectivity index (χ3n) is 1.25. The van der Waals surface area contributed by atoms with Gasteiger partial charge in [0.2, 0.25) is 0 Å².